The number of nitrogens with zero attached hydrogens (tertiary/aromatic N) is 3. The minimum absolute atomic E-state index is 0. The fourth-order valence-electron chi connectivity index (χ4n) is 4.17. The lowest BCUT2D eigenvalue weighted by Crippen LogP contribution is -2.60. The first kappa shape index (κ1) is 26.3. The van der Waals surface area contributed by atoms with E-state index < -0.39 is 41.7 Å². The van der Waals surface area contributed by atoms with Gasteiger partial charge in [0.25, 0.3) is 0 Å². The van der Waals surface area contributed by atoms with Gasteiger partial charge in [-0.3, -0.25) is 9.11 Å². The molecule has 2 bridgehead atoms. The van der Waals surface area contributed by atoms with Gasteiger partial charge in [0.2, 0.25) is 5.88 Å². The highest BCUT2D eigenvalue weighted by molar-refractivity contribution is 7.79. The van der Waals surface area contributed by atoms with E-state index in [9.17, 15) is 26.3 Å². The average molecular weight is 506 g/mol. The predicted octanol–water partition coefficient (Wildman–Crippen LogP) is 3.71. The van der Waals surface area contributed by atoms with Crippen LogP contribution in [-0.4, -0.2) is 67.8 Å². The number of anilines is 2. The van der Waals surface area contributed by atoms with E-state index in [4.69, 9.17) is 9.47 Å². The SMILES string of the molecule is C.Cc1c(Nc2ccc(S(=O)[O-])cc2F)ncnc1OC1CC2COCC(C1)N2CC(F)(F)F. The maximum Gasteiger partial charge on any atom is 0.401 e. The molecule has 0 saturated carbocycles. The number of ether oxygens (including phenoxy) is 2. The molecule has 2 aliphatic rings. The summed E-state index contributed by atoms with van der Waals surface area (Å²) < 4.78 is 86.6. The molecule has 34 heavy (non-hydrogen) atoms. The molecule has 4 rings (SSSR count). The number of benzene rings is 1. The summed E-state index contributed by atoms with van der Waals surface area (Å²) in [6.45, 7) is 1.08. The minimum atomic E-state index is -4.29. The van der Waals surface area contributed by atoms with Gasteiger partial charge in [0.05, 0.1) is 31.0 Å². The third-order valence-corrected chi connectivity index (χ3v) is 6.33. The Bertz CT molecular complexity index is 1030. The number of hydrogen-bond acceptors (Lipinski definition) is 8. The molecule has 2 saturated heterocycles. The van der Waals surface area contributed by atoms with E-state index in [2.05, 4.69) is 15.3 Å². The van der Waals surface area contributed by atoms with Crippen LogP contribution in [0.1, 0.15) is 25.8 Å². The third kappa shape index (κ3) is 6.01. The molecule has 3 heterocycles. The lowest BCUT2D eigenvalue weighted by atomic mass is 9.91. The Morgan fingerprint density at radius 2 is 1.94 bits per heavy atom. The standard InChI is InChI=1S/C20H22F4N4O4S.CH4/c1-11-18(27-17-3-2-15(33(29)30)6-16(17)21)25-10-26-19(11)32-14-4-12-7-31-8-13(5-14)28(12)9-20(22,23)24;/h2-3,6,10,12-14H,4-5,7-9H2,1H3,(H,29,30)(H,25,26,27);1H4/p-1. The van der Waals surface area contributed by atoms with Crippen molar-refractivity contribution in [3.05, 3.63) is 35.9 Å². The van der Waals surface area contributed by atoms with Gasteiger partial charge in [-0.25, -0.2) is 14.4 Å². The first-order chi connectivity index (χ1) is 15.6. The number of fused-ring (bicyclic) bond motifs is 2. The number of nitrogens with one attached hydrogen (secondary N) is 1. The van der Waals surface area contributed by atoms with Gasteiger partial charge in [-0.2, -0.15) is 13.2 Å². The molecule has 2 aliphatic heterocycles. The predicted molar refractivity (Wildman–Crippen MR) is 115 cm³/mol. The summed E-state index contributed by atoms with van der Waals surface area (Å²) >= 11 is -2.56. The second kappa shape index (κ2) is 10.5. The Morgan fingerprint density at radius 3 is 2.53 bits per heavy atom. The summed E-state index contributed by atoms with van der Waals surface area (Å²) in [7, 11) is 0. The van der Waals surface area contributed by atoms with Crippen molar-refractivity contribution in [2.45, 2.75) is 56.5 Å². The first-order valence-electron chi connectivity index (χ1n) is 10.1. The number of halogens is 4. The van der Waals surface area contributed by atoms with E-state index in [1.165, 1.54) is 23.4 Å². The Kier molecular flexibility index (Phi) is 8.11. The molecule has 1 N–H and O–H groups in total. The van der Waals surface area contributed by atoms with Crippen LogP contribution >= 0.6 is 0 Å². The molecule has 13 heteroatoms. The number of alkyl halides is 3. The van der Waals surface area contributed by atoms with E-state index in [1.54, 1.807) is 6.92 Å². The topological polar surface area (TPSA) is 99.6 Å². The van der Waals surface area contributed by atoms with E-state index >= 15 is 0 Å². The zero-order valence-corrected chi connectivity index (χ0v) is 18.3. The zero-order chi connectivity index (χ0) is 23.8. The first-order valence-corrected chi connectivity index (χ1v) is 11.2. The molecule has 2 fully saturated rings. The molecule has 8 nitrogen and oxygen atoms in total. The number of hydrogen-bond donors (Lipinski definition) is 1. The Hall–Kier alpha value is -2.35. The number of piperidine rings is 1. The maximum absolute atomic E-state index is 14.3. The van der Waals surface area contributed by atoms with Crippen molar-refractivity contribution < 1.29 is 35.8 Å². The summed E-state index contributed by atoms with van der Waals surface area (Å²) in [6.07, 6.45) is -2.73. The van der Waals surface area contributed by atoms with Crippen LogP contribution in [0, 0.1) is 12.7 Å². The van der Waals surface area contributed by atoms with Crippen LogP contribution in [0.2, 0.25) is 0 Å². The van der Waals surface area contributed by atoms with Crippen LogP contribution in [0.3, 0.4) is 0 Å². The Labute approximate surface area is 197 Å². The molecule has 1 aromatic heterocycles. The van der Waals surface area contributed by atoms with Crippen molar-refractivity contribution in [1.29, 1.82) is 0 Å². The fraction of sp³-hybridized carbons (Fsp3) is 0.524. The highest BCUT2D eigenvalue weighted by Gasteiger charge is 2.45. The Balaban J connectivity index is 0.00000324. The summed E-state index contributed by atoms with van der Waals surface area (Å²) in [5, 5.41) is 2.80. The van der Waals surface area contributed by atoms with E-state index in [-0.39, 0.29) is 49.0 Å². The van der Waals surface area contributed by atoms with Gasteiger partial charge in [0, 0.05) is 29.8 Å². The third-order valence-electron chi connectivity index (χ3n) is 5.69. The number of morpholine rings is 1. The monoisotopic (exact) mass is 505 g/mol. The molecule has 3 unspecified atom stereocenters. The molecule has 188 valence electrons. The highest BCUT2D eigenvalue weighted by atomic mass is 32.2. The molecular weight excluding hydrogens is 480 g/mol. The van der Waals surface area contributed by atoms with Crippen LogP contribution in [0.5, 0.6) is 5.88 Å². The molecule has 2 aromatic rings. The number of rotatable bonds is 6. The second-order valence-corrected chi connectivity index (χ2v) is 8.94. The van der Waals surface area contributed by atoms with Gasteiger partial charge in [0.15, 0.2) is 0 Å². The maximum atomic E-state index is 14.3. The summed E-state index contributed by atoms with van der Waals surface area (Å²) in [5.74, 6) is -0.284. The molecule has 3 atom stereocenters. The molecule has 0 amide bonds. The normalized spacial score (nSPS) is 23.6. The molecule has 0 spiro atoms. The molecular formula is C21H25F4N4O4S-. The van der Waals surface area contributed by atoms with Crippen LogP contribution in [-0.2, 0) is 15.8 Å². The van der Waals surface area contributed by atoms with Crippen molar-refractivity contribution in [2.24, 2.45) is 0 Å². The van der Waals surface area contributed by atoms with Crippen molar-refractivity contribution in [3.8, 4) is 5.88 Å². The van der Waals surface area contributed by atoms with Crippen molar-refractivity contribution in [1.82, 2.24) is 14.9 Å². The van der Waals surface area contributed by atoms with Crippen molar-refractivity contribution >= 4 is 22.6 Å². The summed E-state index contributed by atoms with van der Waals surface area (Å²) in [5.41, 5.74) is 0.497. The van der Waals surface area contributed by atoms with E-state index in [1.807, 2.05) is 0 Å². The van der Waals surface area contributed by atoms with Gasteiger partial charge in [-0.15, -0.1) is 0 Å². The van der Waals surface area contributed by atoms with Gasteiger partial charge in [-0.1, -0.05) is 7.43 Å². The molecule has 0 radical (unpaired) electrons. The zero-order valence-electron chi connectivity index (χ0n) is 17.5. The number of aromatic nitrogens is 2. The fourth-order valence-corrected chi connectivity index (χ4v) is 4.55. The average Bonchev–Trinajstić information content (AvgIpc) is 2.71. The van der Waals surface area contributed by atoms with Crippen molar-refractivity contribution in [2.75, 3.05) is 25.1 Å². The lowest BCUT2D eigenvalue weighted by Gasteiger charge is -2.48. The minimum Gasteiger partial charge on any atom is -0.768 e. The lowest BCUT2D eigenvalue weighted by molar-refractivity contribution is -0.187. The summed E-state index contributed by atoms with van der Waals surface area (Å²) in [6, 6.07) is 2.58. The van der Waals surface area contributed by atoms with Gasteiger partial charge < -0.3 is 19.3 Å². The van der Waals surface area contributed by atoms with Crippen LogP contribution < -0.4 is 10.1 Å². The van der Waals surface area contributed by atoms with E-state index in [0.29, 0.717) is 18.4 Å². The smallest absolute Gasteiger partial charge is 0.401 e. The van der Waals surface area contributed by atoms with Gasteiger partial charge in [-0.05, 0) is 36.2 Å². The van der Waals surface area contributed by atoms with E-state index in [0.717, 1.165) is 6.07 Å². The quantitative estimate of drug-likeness (QED) is 0.469. The van der Waals surface area contributed by atoms with Crippen molar-refractivity contribution in [3.63, 3.8) is 0 Å². The van der Waals surface area contributed by atoms with Gasteiger partial charge in [0.1, 0.15) is 24.1 Å². The largest absolute Gasteiger partial charge is 0.768 e. The van der Waals surface area contributed by atoms with Gasteiger partial charge >= 0.3 is 6.18 Å². The highest BCUT2D eigenvalue weighted by Crippen LogP contribution is 2.34. The Morgan fingerprint density at radius 1 is 1.26 bits per heavy atom. The second-order valence-electron chi connectivity index (χ2n) is 8.00. The summed E-state index contributed by atoms with van der Waals surface area (Å²) in [4.78, 5) is 9.47. The van der Waals surface area contributed by atoms with Crippen LogP contribution in [0.15, 0.2) is 29.4 Å². The molecule has 0 aliphatic carbocycles. The van der Waals surface area contributed by atoms with Crippen LogP contribution in [0.4, 0.5) is 29.1 Å². The van der Waals surface area contributed by atoms with Crippen LogP contribution in [0.25, 0.3) is 0 Å². The molecule has 1 aromatic carbocycles.